The third-order valence-corrected chi connectivity index (χ3v) is 5.17. The summed E-state index contributed by atoms with van der Waals surface area (Å²) in [7, 11) is 0. The molecule has 1 aliphatic rings. The van der Waals surface area contributed by atoms with Crippen LogP contribution in [0.1, 0.15) is 17.5 Å². The standard InChI is InChI=1S/C20H25BrN4O/c1-16-5-2-3-6-17(16)14-24-9-4-10-25(12-11-24)15-20(26)23-19-8-7-18(21)13-22-19/h2-3,5-8,13H,4,9-12,14-15H2,1H3,(H,22,23,26). The zero-order valence-electron chi connectivity index (χ0n) is 15.1. The molecule has 1 amide bonds. The summed E-state index contributed by atoms with van der Waals surface area (Å²) in [6.07, 6.45) is 2.76. The van der Waals surface area contributed by atoms with Crippen molar-refractivity contribution >= 4 is 27.7 Å². The van der Waals surface area contributed by atoms with Crippen LogP contribution in [0.3, 0.4) is 0 Å². The Kier molecular flexibility index (Phi) is 6.77. The van der Waals surface area contributed by atoms with Gasteiger partial charge in [0.25, 0.3) is 0 Å². The molecule has 0 atom stereocenters. The van der Waals surface area contributed by atoms with Crippen molar-refractivity contribution in [3.8, 4) is 0 Å². The summed E-state index contributed by atoms with van der Waals surface area (Å²) in [6.45, 7) is 7.48. The van der Waals surface area contributed by atoms with Gasteiger partial charge in [-0.2, -0.15) is 0 Å². The lowest BCUT2D eigenvalue weighted by Gasteiger charge is -2.22. The Morgan fingerprint density at radius 3 is 2.65 bits per heavy atom. The Bertz CT molecular complexity index is 735. The molecule has 0 saturated carbocycles. The van der Waals surface area contributed by atoms with Gasteiger partial charge in [-0.25, -0.2) is 4.98 Å². The number of anilines is 1. The molecule has 0 radical (unpaired) electrons. The topological polar surface area (TPSA) is 48.5 Å². The molecule has 1 aromatic carbocycles. The number of benzene rings is 1. The van der Waals surface area contributed by atoms with Gasteiger partial charge in [0.2, 0.25) is 5.91 Å². The molecule has 0 unspecified atom stereocenters. The normalized spacial score (nSPS) is 16.2. The molecule has 2 heterocycles. The Morgan fingerprint density at radius 2 is 1.88 bits per heavy atom. The molecule has 1 N–H and O–H groups in total. The van der Waals surface area contributed by atoms with E-state index in [1.54, 1.807) is 12.3 Å². The fourth-order valence-corrected chi connectivity index (χ4v) is 3.44. The number of carbonyl (C=O) groups is 1. The number of rotatable bonds is 5. The lowest BCUT2D eigenvalue weighted by atomic mass is 10.1. The number of carbonyl (C=O) groups excluding carboxylic acids is 1. The molecule has 1 aliphatic heterocycles. The van der Waals surface area contributed by atoms with E-state index in [1.807, 2.05) is 6.07 Å². The van der Waals surface area contributed by atoms with Gasteiger partial charge in [-0.05, 0) is 65.6 Å². The highest BCUT2D eigenvalue weighted by Crippen LogP contribution is 2.13. The minimum atomic E-state index is -0.00724. The summed E-state index contributed by atoms with van der Waals surface area (Å²) < 4.78 is 0.900. The fourth-order valence-electron chi connectivity index (χ4n) is 3.20. The summed E-state index contributed by atoms with van der Waals surface area (Å²) in [4.78, 5) is 21.2. The molecule has 0 spiro atoms. The van der Waals surface area contributed by atoms with Crippen LogP contribution >= 0.6 is 15.9 Å². The van der Waals surface area contributed by atoms with Gasteiger partial charge in [0, 0.05) is 30.3 Å². The Balaban J connectivity index is 1.48. The molecule has 0 bridgehead atoms. The average molecular weight is 417 g/mol. The van der Waals surface area contributed by atoms with Crippen molar-refractivity contribution in [1.29, 1.82) is 0 Å². The van der Waals surface area contributed by atoms with Gasteiger partial charge in [0.05, 0.1) is 6.54 Å². The third-order valence-electron chi connectivity index (χ3n) is 4.70. The first-order chi connectivity index (χ1) is 12.6. The van der Waals surface area contributed by atoms with Crippen LogP contribution in [0.2, 0.25) is 0 Å². The summed E-state index contributed by atoms with van der Waals surface area (Å²) in [6, 6.07) is 12.2. The van der Waals surface area contributed by atoms with E-state index in [1.165, 1.54) is 11.1 Å². The summed E-state index contributed by atoms with van der Waals surface area (Å²) >= 11 is 3.35. The second-order valence-corrected chi connectivity index (χ2v) is 7.66. The number of amides is 1. The predicted molar refractivity (Wildman–Crippen MR) is 108 cm³/mol. The number of pyridine rings is 1. The smallest absolute Gasteiger partial charge is 0.239 e. The van der Waals surface area contributed by atoms with Crippen LogP contribution in [-0.4, -0.2) is 53.4 Å². The van der Waals surface area contributed by atoms with Gasteiger partial charge in [-0.1, -0.05) is 24.3 Å². The molecular formula is C20H25BrN4O. The summed E-state index contributed by atoms with van der Waals surface area (Å²) in [5, 5.41) is 2.87. The van der Waals surface area contributed by atoms with Crippen LogP contribution in [0.5, 0.6) is 0 Å². The number of halogens is 1. The summed E-state index contributed by atoms with van der Waals surface area (Å²) in [5.41, 5.74) is 2.73. The van der Waals surface area contributed by atoms with Crippen molar-refractivity contribution in [2.45, 2.75) is 19.9 Å². The molecule has 26 heavy (non-hydrogen) atoms. The van der Waals surface area contributed by atoms with Crippen LogP contribution in [0, 0.1) is 6.92 Å². The number of hydrogen-bond acceptors (Lipinski definition) is 4. The van der Waals surface area contributed by atoms with E-state index in [2.05, 4.69) is 67.2 Å². The predicted octanol–water partition coefficient (Wildman–Crippen LogP) is 3.30. The van der Waals surface area contributed by atoms with Crippen LogP contribution < -0.4 is 5.32 Å². The monoisotopic (exact) mass is 416 g/mol. The Labute approximate surface area is 163 Å². The molecular weight excluding hydrogens is 392 g/mol. The van der Waals surface area contributed by atoms with Crippen molar-refractivity contribution in [3.05, 3.63) is 58.2 Å². The highest BCUT2D eigenvalue weighted by Gasteiger charge is 2.17. The van der Waals surface area contributed by atoms with Crippen molar-refractivity contribution < 1.29 is 4.79 Å². The molecule has 138 valence electrons. The first kappa shape index (κ1) is 19.0. The molecule has 0 aliphatic carbocycles. The molecule has 1 aromatic heterocycles. The molecule has 2 aromatic rings. The zero-order chi connectivity index (χ0) is 18.4. The van der Waals surface area contributed by atoms with Gasteiger partial charge in [0.1, 0.15) is 5.82 Å². The fraction of sp³-hybridized carbons (Fsp3) is 0.400. The van der Waals surface area contributed by atoms with Crippen molar-refractivity contribution in [1.82, 2.24) is 14.8 Å². The number of nitrogens with one attached hydrogen (secondary N) is 1. The van der Waals surface area contributed by atoms with E-state index in [4.69, 9.17) is 0 Å². The molecule has 6 heteroatoms. The van der Waals surface area contributed by atoms with Gasteiger partial charge in [-0.15, -0.1) is 0 Å². The van der Waals surface area contributed by atoms with E-state index < -0.39 is 0 Å². The maximum absolute atomic E-state index is 12.3. The Morgan fingerprint density at radius 1 is 1.12 bits per heavy atom. The van der Waals surface area contributed by atoms with Crippen LogP contribution in [0.15, 0.2) is 47.1 Å². The van der Waals surface area contributed by atoms with Crippen molar-refractivity contribution in [2.75, 3.05) is 38.0 Å². The van der Waals surface area contributed by atoms with Crippen LogP contribution in [0.25, 0.3) is 0 Å². The molecule has 5 nitrogen and oxygen atoms in total. The van der Waals surface area contributed by atoms with E-state index >= 15 is 0 Å². The van der Waals surface area contributed by atoms with Gasteiger partial charge < -0.3 is 5.32 Å². The molecule has 1 saturated heterocycles. The maximum atomic E-state index is 12.3. The van der Waals surface area contributed by atoms with Crippen LogP contribution in [-0.2, 0) is 11.3 Å². The van der Waals surface area contributed by atoms with Crippen LogP contribution in [0.4, 0.5) is 5.82 Å². The largest absolute Gasteiger partial charge is 0.310 e. The number of aromatic nitrogens is 1. The first-order valence-corrected chi connectivity index (χ1v) is 9.80. The van der Waals surface area contributed by atoms with Gasteiger partial charge in [-0.3, -0.25) is 14.6 Å². The van der Waals surface area contributed by atoms with Gasteiger partial charge >= 0.3 is 0 Å². The highest BCUT2D eigenvalue weighted by atomic mass is 79.9. The quantitative estimate of drug-likeness (QED) is 0.811. The van der Waals surface area contributed by atoms with Gasteiger partial charge in [0.15, 0.2) is 0 Å². The first-order valence-electron chi connectivity index (χ1n) is 9.01. The second kappa shape index (κ2) is 9.26. The lowest BCUT2D eigenvalue weighted by Crippen LogP contribution is -2.36. The molecule has 1 fully saturated rings. The summed E-state index contributed by atoms with van der Waals surface area (Å²) in [5.74, 6) is 0.585. The minimum absolute atomic E-state index is 0.00724. The maximum Gasteiger partial charge on any atom is 0.239 e. The Hall–Kier alpha value is -1.76. The lowest BCUT2D eigenvalue weighted by molar-refractivity contribution is -0.117. The van der Waals surface area contributed by atoms with E-state index in [0.717, 1.165) is 43.6 Å². The van der Waals surface area contributed by atoms with E-state index in [0.29, 0.717) is 12.4 Å². The molecule has 3 rings (SSSR count). The second-order valence-electron chi connectivity index (χ2n) is 6.74. The van der Waals surface area contributed by atoms with E-state index in [9.17, 15) is 4.79 Å². The van der Waals surface area contributed by atoms with Crippen molar-refractivity contribution in [3.63, 3.8) is 0 Å². The van der Waals surface area contributed by atoms with Crippen molar-refractivity contribution in [2.24, 2.45) is 0 Å². The van der Waals surface area contributed by atoms with E-state index in [-0.39, 0.29) is 5.91 Å². The number of nitrogens with zero attached hydrogens (tertiary/aromatic N) is 3. The SMILES string of the molecule is Cc1ccccc1CN1CCCN(CC(=O)Nc2ccc(Br)cn2)CC1. The zero-order valence-corrected chi connectivity index (χ0v) is 16.7. The highest BCUT2D eigenvalue weighted by molar-refractivity contribution is 9.10. The average Bonchev–Trinajstić information content (AvgIpc) is 2.84. The third kappa shape index (κ3) is 5.62. The minimum Gasteiger partial charge on any atom is -0.310 e. The number of hydrogen-bond donors (Lipinski definition) is 1. The number of aryl methyl sites for hydroxylation is 1.